The molecule has 0 saturated carbocycles. The summed E-state index contributed by atoms with van der Waals surface area (Å²) >= 11 is 0. The first-order valence-corrected chi connectivity index (χ1v) is 11.7. The summed E-state index contributed by atoms with van der Waals surface area (Å²) in [6.07, 6.45) is 4.90. The van der Waals surface area contributed by atoms with Crippen LogP contribution >= 0.6 is 0 Å². The smallest absolute Gasteiger partial charge is 0.191 e. The van der Waals surface area contributed by atoms with Gasteiger partial charge in [-0.25, -0.2) is 8.42 Å². The zero-order valence-corrected chi connectivity index (χ0v) is 18.2. The molecule has 152 valence electrons. The summed E-state index contributed by atoms with van der Waals surface area (Å²) in [4.78, 5) is 4.48. The monoisotopic (exact) mass is 393 g/mol. The number of benzene rings is 1. The summed E-state index contributed by atoms with van der Waals surface area (Å²) in [5, 5.41) is 6.62. The molecule has 1 aromatic rings. The van der Waals surface area contributed by atoms with Crippen LogP contribution in [0.15, 0.2) is 23.2 Å². The van der Waals surface area contributed by atoms with E-state index < -0.39 is 14.6 Å². The SMILES string of the molecule is CCNC(=NCCS(=O)(=O)C(C)(C)C)NC(C)c1ccc2c(c1)CCCC2. The number of hydrogen-bond donors (Lipinski definition) is 2. The van der Waals surface area contributed by atoms with Gasteiger partial charge in [0.15, 0.2) is 15.8 Å². The van der Waals surface area contributed by atoms with Crippen LogP contribution in [0.2, 0.25) is 0 Å². The molecule has 1 aliphatic rings. The molecule has 1 unspecified atom stereocenters. The van der Waals surface area contributed by atoms with E-state index in [1.165, 1.54) is 36.0 Å². The van der Waals surface area contributed by atoms with Crippen LogP contribution in [0.3, 0.4) is 0 Å². The predicted molar refractivity (Wildman–Crippen MR) is 114 cm³/mol. The van der Waals surface area contributed by atoms with Gasteiger partial charge in [-0.3, -0.25) is 4.99 Å². The maximum atomic E-state index is 12.3. The normalized spacial score (nSPS) is 16.6. The van der Waals surface area contributed by atoms with E-state index in [1.807, 2.05) is 6.92 Å². The van der Waals surface area contributed by atoms with E-state index in [0.29, 0.717) is 5.96 Å². The first kappa shape index (κ1) is 21.7. The van der Waals surface area contributed by atoms with E-state index in [1.54, 1.807) is 20.8 Å². The van der Waals surface area contributed by atoms with Crippen LogP contribution in [0.25, 0.3) is 0 Å². The van der Waals surface area contributed by atoms with Crippen LogP contribution in [0.4, 0.5) is 0 Å². The topological polar surface area (TPSA) is 70.6 Å². The highest BCUT2D eigenvalue weighted by molar-refractivity contribution is 7.92. The molecule has 0 aliphatic heterocycles. The number of fused-ring (bicyclic) bond motifs is 1. The lowest BCUT2D eigenvalue weighted by Crippen LogP contribution is -2.39. The zero-order valence-electron chi connectivity index (χ0n) is 17.4. The minimum absolute atomic E-state index is 0.0559. The van der Waals surface area contributed by atoms with Crippen LogP contribution in [-0.2, 0) is 22.7 Å². The van der Waals surface area contributed by atoms with E-state index in [0.717, 1.165) is 13.0 Å². The first-order valence-electron chi connectivity index (χ1n) is 10.0. The zero-order chi connectivity index (χ0) is 20.1. The van der Waals surface area contributed by atoms with Gasteiger partial charge in [0.25, 0.3) is 0 Å². The van der Waals surface area contributed by atoms with Crippen molar-refractivity contribution in [3.05, 3.63) is 34.9 Å². The molecule has 27 heavy (non-hydrogen) atoms. The molecule has 0 amide bonds. The Hall–Kier alpha value is -1.56. The Morgan fingerprint density at radius 2 is 1.85 bits per heavy atom. The van der Waals surface area contributed by atoms with Crippen molar-refractivity contribution in [2.24, 2.45) is 4.99 Å². The van der Waals surface area contributed by atoms with Crippen molar-refractivity contribution in [3.8, 4) is 0 Å². The largest absolute Gasteiger partial charge is 0.357 e. The quantitative estimate of drug-likeness (QED) is 0.574. The van der Waals surface area contributed by atoms with Crippen molar-refractivity contribution in [1.29, 1.82) is 0 Å². The van der Waals surface area contributed by atoms with Crippen LogP contribution in [0.5, 0.6) is 0 Å². The number of aliphatic imine (C=N–C) groups is 1. The third-order valence-corrected chi connectivity index (χ3v) is 7.72. The molecule has 0 spiro atoms. The van der Waals surface area contributed by atoms with Gasteiger partial charge in [-0.2, -0.15) is 0 Å². The Morgan fingerprint density at radius 3 is 2.48 bits per heavy atom. The Bertz CT molecular complexity index is 764. The lowest BCUT2D eigenvalue weighted by atomic mass is 9.89. The lowest BCUT2D eigenvalue weighted by molar-refractivity contribution is 0.560. The van der Waals surface area contributed by atoms with Gasteiger partial charge in [-0.1, -0.05) is 18.2 Å². The molecule has 1 aromatic carbocycles. The van der Waals surface area contributed by atoms with Crippen molar-refractivity contribution >= 4 is 15.8 Å². The second-order valence-corrected chi connectivity index (χ2v) is 11.2. The van der Waals surface area contributed by atoms with E-state index >= 15 is 0 Å². The highest BCUT2D eigenvalue weighted by Crippen LogP contribution is 2.24. The predicted octanol–water partition coefficient (Wildman–Crippen LogP) is 3.39. The van der Waals surface area contributed by atoms with E-state index in [2.05, 4.69) is 40.7 Å². The summed E-state index contributed by atoms with van der Waals surface area (Å²) in [5.41, 5.74) is 4.18. The Morgan fingerprint density at radius 1 is 1.19 bits per heavy atom. The number of nitrogens with zero attached hydrogens (tertiary/aromatic N) is 1. The Kier molecular flexibility index (Phi) is 7.32. The summed E-state index contributed by atoms with van der Waals surface area (Å²) in [5.74, 6) is 0.715. The fourth-order valence-corrected chi connectivity index (χ4v) is 4.16. The average molecular weight is 394 g/mol. The third kappa shape index (κ3) is 5.96. The standard InChI is InChI=1S/C21H35N3O2S/c1-6-22-20(23-13-14-27(25,26)21(3,4)5)24-16(2)18-12-11-17-9-7-8-10-19(17)15-18/h11-12,15-16H,6-10,13-14H2,1-5H3,(H2,22,23,24). The molecule has 2 rings (SSSR count). The number of aryl methyl sites for hydroxylation is 2. The van der Waals surface area contributed by atoms with Gasteiger partial charge >= 0.3 is 0 Å². The molecular weight excluding hydrogens is 358 g/mol. The molecule has 0 heterocycles. The van der Waals surface area contributed by atoms with Crippen LogP contribution < -0.4 is 10.6 Å². The molecule has 0 bridgehead atoms. The van der Waals surface area contributed by atoms with Crippen molar-refractivity contribution in [1.82, 2.24) is 10.6 Å². The number of sulfone groups is 1. The highest BCUT2D eigenvalue weighted by Gasteiger charge is 2.28. The van der Waals surface area contributed by atoms with E-state index in [-0.39, 0.29) is 18.3 Å². The molecule has 0 radical (unpaired) electrons. The number of guanidine groups is 1. The molecule has 0 fully saturated rings. The summed E-state index contributed by atoms with van der Waals surface area (Å²) in [7, 11) is -3.16. The maximum Gasteiger partial charge on any atom is 0.191 e. The van der Waals surface area contributed by atoms with Gasteiger partial charge in [-0.05, 0) is 77.0 Å². The summed E-state index contributed by atoms with van der Waals surface area (Å²) < 4.78 is 23.8. The molecule has 0 aromatic heterocycles. The third-order valence-electron chi connectivity index (χ3n) is 5.13. The minimum atomic E-state index is -3.16. The van der Waals surface area contributed by atoms with E-state index in [9.17, 15) is 8.42 Å². The maximum absolute atomic E-state index is 12.3. The van der Waals surface area contributed by atoms with Crippen molar-refractivity contribution in [2.45, 2.75) is 71.1 Å². The summed E-state index contributed by atoms with van der Waals surface area (Å²) in [6, 6.07) is 6.85. The Labute approximate surface area is 165 Å². The molecular formula is C21H35N3O2S. The number of rotatable bonds is 6. The number of nitrogens with one attached hydrogen (secondary N) is 2. The van der Waals surface area contributed by atoms with E-state index in [4.69, 9.17) is 0 Å². The Balaban J connectivity index is 2.04. The minimum Gasteiger partial charge on any atom is -0.357 e. The van der Waals surface area contributed by atoms with Gasteiger partial charge in [0, 0.05) is 6.54 Å². The molecule has 0 saturated heterocycles. The van der Waals surface area contributed by atoms with Crippen LogP contribution in [0.1, 0.15) is 70.2 Å². The van der Waals surface area contributed by atoms with Gasteiger partial charge < -0.3 is 10.6 Å². The lowest BCUT2D eigenvalue weighted by Gasteiger charge is -2.22. The molecule has 1 aliphatic carbocycles. The number of hydrogen-bond acceptors (Lipinski definition) is 3. The molecule has 6 heteroatoms. The van der Waals surface area contributed by atoms with Gasteiger partial charge in [0.1, 0.15) is 0 Å². The second kappa shape index (κ2) is 9.09. The highest BCUT2D eigenvalue weighted by atomic mass is 32.2. The van der Waals surface area contributed by atoms with Crippen molar-refractivity contribution < 1.29 is 8.42 Å². The van der Waals surface area contributed by atoms with Crippen molar-refractivity contribution in [3.63, 3.8) is 0 Å². The van der Waals surface area contributed by atoms with Crippen LogP contribution in [-0.4, -0.2) is 38.0 Å². The van der Waals surface area contributed by atoms with Crippen molar-refractivity contribution in [2.75, 3.05) is 18.8 Å². The molecule has 1 atom stereocenters. The van der Waals surface area contributed by atoms with Gasteiger partial charge in [-0.15, -0.1) is 0 Å². The van der Waals surface area contributed by atoms with Crippen LogP contribution in [0, 0.1) is 0 Å². The molecule has 2 N–H and O–H groups in total. The first-order chi connectivity index (χ1) is 12.6. The fourth-order valence-electron chi connectivity index (χ4n) is 3.21. The summed E-state index contributed by atoms with van der Waals surface area (Å²) in [6.45, 7) is 10.3. The molecule has 5 nitrogen and oxygen atoms in total. The van der Waals surface area contributed by atoms with Gasteiger partial charge in [0.05, 0.1) is 23.1 Å². The average Bonchev–Trinajstić information content (AvgIpc) is 2.60. The van der Waals surface area contributed by atoms with Gasteiger partial charge in [0.2, 0.25) is 0 Å². The second-order valence-electron chi connectivity index (χ2n) is 8.29. The fraction of sp³-hybridized carbons (Fsp3) is 0.667.